The molecule has 1 aromatic carbocycles. The number of pyridine rings is 2. The van der Waals surface area contributed by atoms with E-state index in [1.54, 1.807) is 24.5 Å². The molecule has 4 rings (SSSR count). The number of fused-ring (bicyclic) bond motifs is 1. The average Bonchev–Trinajstić information content (AvgIpc) is 3.35. The normalized spacial score (nSPS) is 21.0. The van der Waals surface area contributed by atoms with Crippen molar-refractivity contribution in [2.75, 3.05) is 5.32 Å². The number of rotatable bonds is 4. The predicted molar refractivity (Wildman–Crippen MR) is 110 cm³/mol. The van der Waals surface area contributed by atoms with Gasteiger partial charge in [-0.15, -0.1) is 0 Å². The van der Waals surface area contributed by atoms with E-state index in [1.165, 1.54) is 6.20 Å². The Hall–Kier alpha value is -2.53. The van der Waals surface area contributed by atoms with E-state index < -0.39 is 5.82 Å². The van der Waals surface area contributed by atoms with Gasteiger partial charge in [0.1, 0.15) is 11.6 Å². The Morgan fingerprint density at radius 3 is 2.75 bits per heavy atom. The van der Waals surface area contributed by atoms with Crippen molar-refractivity contribution in [1.29, 1.82) is 0 Å². The summed E-state index contributed by atoms with van der Waals surface area (Å²) >= 11 is 6.29. The van der Waals surface area contributed by atoms with E-state index >= 15 is 0 Å². The molecule has 1 aliphatic rings. The SMILES string of the molecule is CC[C@H]1C(C)[C@@H]1C(=O)Nc1cc2cc(-c3cnccc3C)c(F)c(Cl)c2cn1. The van der Waals surface area contributed by atoms with Crippen LogP contribution in [0.25, 0.3) is 21.9 Å². The van der Waals surface area contributed by atoms with Crippen LogP contribution >= 0.6 is 11.6 Å². The highest BCUT2D eigenvalue weighted by atomic mass is 35.5. The first-order valence-corrected chi connectivity index (χ1v) is 9.79. The maximum atomic E-state index is 14.9. The van der Waals surface area contributed by atoms with E-state index in [9.17, 15) is 9.18 Å². The van der Waals surface area contributed by atoms with Crippen molar-refractivity contribution < 1.29 is 9.18 Å². The molecular weight excluding hydrogens is 377 g/mol. The van der Waals surface area contributed by atoms with Gasteiger partial charge in [0, 0.05) is 41.0 Å². The summed E-state index contributed by atoms with van der Waals surface area (Å²) in [4.78, 5) is 20.9. The van der Waals surface area contributed by atoms with Gasteiger partial charge in [0.25, 0.3) is 0 Å². The van der Waals surface area contributed by atoms with Crippen molar-refractivity contribution in [3.05, 3.63) is 53.2 Å². The molecule has 1 aliphatic carbocycles. The van der Waals surface area contributed by atoms with Crippen molar-refractivity contribution in [3.63, 3.8) is 0 Å². The van der Waals surface area contributed by atoms with Crippen LogP contribution in [-0.4, -0.2) is 15.9 Å². The number of hydrogen-bond acceptors (Lipinski definition) is 3. The van der Waals surface area contributed by atoms with Gasteiger partial charge >= 0.3 is 0 Å². The molecule has 0 aliphatic heterocycles. The molecule has 0 spiro atoms. The number of halogens is 2. The monoisotopic (exact) mass is 397 g/mol. The van der Waals surface area contributed by atoms with Crippen LogP contribution in [-0.2, 0) is 4.79 Å². The summed E-state index contributed by atoms with van der Waals surface area (Å²) in [6, 6.07) is 5.29. The average molecular weight is 398 g/mol. The van der Waals surface area contributed by atoms with Crippen LogP contribution < -0.4 is 5.32 Å². The van der Waals surface area contributed by atoms with Crippen molar-refractivity contribution in [2.24, 2.45) is 17.8 Å². The molecule has 144 valence electrons. The number of amides is 1. The largest absolute Gasteiger partial charge is 0.310 e. The highest BCUT2D eigenvalue weighted by Gasteiger charge is 2.50. The highest BCUT2D eigenvalue weighted by Crippen LogP contribution is 2.48. The summed E-state index contributed by atoms with van der Waals surface area (Å²) in [5, 5.41) is 4.13. The number of benzene rings is 1. The zero-order chi connectivity index (χ0) is 20.0. The first kappa shape index (κ1) is 18.8. The standard InChI is InChI=1S/C22H21ClFN3O/c1-4-14-12(3)19(14)22(28)27-18-8-13-7-15(16-9-25-6-5-11(16)2)21(24)20(23)17(13)10-26-18/h5-10,12,14,19H,4H2,1-3H3,(H,26,27,28)/t12?,14-,19-/m0/s1. The molecule has 1 fully saturated rings. The van der Waals surface area contributed by atoms with Crippen molar-refractivity contribution >= 4 is 34.1 Å². The van der Waals surface area contributed by atoms with Gasteiger partial charge in [0.2, 0.25) is 5.91 Å². The van der Waals surface area contributed by atoms with Gasteiger partial charge in [0.15, 0.2) is 0 Å². The van der Waals surface area contributed by atoms with E-state index in [0.29, 0.717) is 39.6 Å². The molecule has 1 amide bonds. The second-order valence-corrected chi connectivity index (χ2v) is 7.86. The van der Waals surface area contributed by atoms with E-state index in [1.807, 2.05) is 13.0 Å². The van der Waals surface area contributed by atoms with E-state index in [0.717, 1.165) is 12.0 Å². The third kappa shape index (κ3) is 3.14. The molecule has 2 heterocycles. The van der Waals surface area contributed by atoms with Gasteiger partial charge in [0.05, 0.1) is 5.02 Å². The molecule has 3 atom stereocenters. The first-order chi connectivity index (χ1) is 13.4. The van der Waals surface area contributed by atoms with Crippen LogP contribution in [0.1, 0.15) is 25.8 Å². The number of aromatic nitrogens is 2. The number of anilines is 1. The third-order valence-electron chi connectivity index (χ3n) is 5.82. The molecule has 1 saturated carbocycles. The van der Waals surface area contributed by atoms with Gasteiger partial charge in [-0.05, 0) is 47.9 Å². The lowest BCUT2D eigenvalue weighted by molar-refractivity contribution is -0.117. The number of carbonyl (C=O) groups excluding carboxylic acids is 1. The fraction of sp³-hybridized carbons (Fsp3) is 0.318. The first-order valence-electron chi connectivity index (χ1n) is 9.42. The minimum Gasteiger partial charge on any atom is -0.310 e. The molecule has 28 heavy (non-hydrogen) atoms. The fourth-order valence-corrected chi connectivity index (χ4v) is 4.31. The molecular formula is C22H21ClFN3O. The Balaban J connectivity index is 1.72. The van der Waals surface area contributed by atoms with Crippen molar-refractivity contribution in [3.8, 4) is 11.1 Å². The Morgan fingerprint density at radius 1 is 1.29 bits per heavy atom. The summed E-state index contributed by atoms with van der Waals surface area (Å²) in [7, 11) is 0. The van der Waals surface area contributed by atoms with Gasteiger partial charge in [-0.25, -0.2) is 9.37 Å². The lowest BCUT2D eigenvalue weighted by atomic mass is 9.99. The molecule has 0 radical (unpaired) electrons. The summed E-state index contributed by atoms with van der Waals surface area (Å²) in [5.41, 5.74) is 1.97. The quantitative estimate of drug-likeness (QED) is 0.620. The number of nitrogens with one attached hydrogen (secondary N) is 1. The fourth-order valence-electron chi connectivity index (χ4n) is 4.05. The third-order valence-corrected chi connectivity index (χ3v) is 6.19. The van der Waals surface area contributed by atoms with Crippen LogP contribution in [0.3, 0.4) is 0 Å². The summed E-state index contributed by atoms with van der Waals surface area (Å²) in [5.74, 6) is 0.804. The van der Waals surface area contributed by atoms with Gasteiger partial charge in [-0.1, -0.05) is 31.9 Å². The molecule has 0 saturated heterocycles. The number of hydrogen-bond donors (Lipinski definition) is 1. The topological polar surface area (TPSA) is 54.9 Å². The molecule has 1 N–H and O–H groups in total. The Morgan fingerprint density at radius 2 is 2.07 bits per heavy atom. The molecule has 6 heteroatoms. The minimum atomic E-state index is -0.499. The van der Waals surface area contributed by atoms with E-state index in [2.05, 4.69) is 29.1 Å². The molecule has 2 aromatic heterocycles. The van der Waals surface area contributed by atoms with Gasteiger partial charge in [-0.2, -0.15) is 0 Å². The molecule has 3 aromatic rings. The Kier molecular flexibility index (Phi) is 4.79. The van der Waals surface area contributed by atoms with Crippen LogP contribution in [0.2, 0.25) is 5.02 Å². The smallest absolute Gasteiger partial charge is 0.229 e. The number of carbonyl (C=O) groups is 1. The summed E-state index contributed by atoms with van der Waals surface area (Å²) < 4.78 is 14.9. The van der Waals surface area contributed by atoms with Crippen molar-refractivity contribution in [2.45, 2.75) is 27.2 Å². The summed E-state index contributed by atoms with van der Waals surface area (Å²) in [6.45, 7) is 6.09. The zero-order valence-corrected chi connectivity index (χ0v) is 16.7. The Labute approximate surface area is 168 Å². The molecule has 1 unspecified atom stereocenters. The van der Waals surface area contributed by atoms with Gasteiger partial charge in [-0.3, -0.25) is 9.78 Å². The van der Waals surface area contributed by atoms with E-state index in [-0.39, 0.29) is 16.8 Å². The van der Waals surface area contributed by atoms with Crippen LogP contribution in [0.15, 0.2) is 36.8 Å². The number of aryl methyl sites for hydroxylation is 1. The zero-order valence-electron chi connectivity index (χ0n) is 16.0. The van der Waals surface area contributed by atoms with E-state index in [4.69, 9.17) is 11.6 Å². The van der Waals surface area contributed by atoms with Crippen molar-refractivity contribution in [1.82, 2.24) is 9.97 Å². The predicted octanol–water partition coefficient (Wildman–Crippen LogP) is 5.63. The minimum absolute atomic E-state index is 0.0114. The lowest BCUT2D eigenvalue weighted by Gasteiger charge is -2.12. The number of nitrogens with zero attached hydrogens (tertiary/aromatic N) is 2. The molecule has 4 nitrogen and oxygen atoms in total. The maximum Gasteiger partial charge on any atom is 0.229 e. The van der Waals surface area contributed by atoms with Crippen LogP contribution in [0, 0.1) is 30.5 Å². The molecule has 0 bridgehead atoms. The van der Waals surface area contributed by atoms with Crippen LogP contribution in [0.4, 0.5) is 10.2 Å². The second kappa shape index (κ2) is 7.13. The second-order valence-electron chi connectivity index (χ2n) is 7.48. The highest BCUT2D eigenvalue weighted by molar-refractivity contribution is 6.36. The van der Waals surface area contributed by atoms with Gasteiger partial charge < -0.3 is 5.32 Å². The van der Waals surface area contributed by atoms with Crippen LogP contribution in [0.5, 0.6) is 0 Å². The Bertz CT molecular complexity index is 1080. The maximum absolute atomic E-state index is 14.9. The summed E-state index contributed by atoms with van der Waals surface area (Å²) in [6.07, 6.45) is 5.79. The lowest BCUT2D eigenvalue weighted by Crippen LogP contribution is -2.16.